The van der Waals surface area contributed by atoms with Crippen molar-refractivity contribution in [2.45, 2.75) is 37.9 Å². The first-order valence-corrected chi connectivity index (χ1v) is 6.74. The van der Waals surface area contributed by atoms with Crippen LogP contribution in [0, 0.1) is 0 Å². The molecule has 1 saturated carbocycles. The maximum absolute atomic E-state index is 12.0. The van der Waals surface area contributed by atoms with Crippen LogP contribution in [-0.2, 0) is 25.5 Å². The summed E-state index contributed by atoms with van der Waals surface area (Å²) in [7, 11) is 0. The molecule has 0 amide bonds. The lowest BCUT2D eigenvalue weighted by molar-refractivity contribution is -0.232. The van der Waals surface area contributed by atoms with Crippen molar-refractivity contribution in [3.05, 3.63) is 41.7 Å². The number of aromatic nitrogens is 1. The minimum absolute atomic E-state index is 0.0219. The minimum Gasteiger partial charge on any atom is -0.419 e. The molecule has 0 atom stereocenters. The lowest BCUT2D eigenvalue weighted by atomic mass is 10.1. The molecule has 1 aliphatic carbocycles. The van der Waals surface area contributed by atoms with Crippen LogP contribution in [0.5, 0.6) is 0 Å². The van der Waals surface area contributed by atoms with Crippen LogP contribution >= 0.6 is 0 Å². The van der Waals surface area contributed by atoms with Gasteiger partial charge in [0.15, 0.2) is 0 Å². The molecule has 1 aliphatic heterocycles. The minimum atomic E-state index is -1.00. The molecule has 2 fully saturated rings. The third kappa shape index (κ3) is 2.43. The number of nitrogens with zero attached hydrogens (tertiary/aromatic N) is 1. The van der Waals surface area contributed by atoms with Crippen LogP contribution in [0.15, 0.2) is 36.2 Å². The molecule has 0 bridgehead atoms. The molecule has 0 radical (unpaired) electrons. The summed E-state index contributed by atoms with van der Waals surface area (Å²) >= 11 is 0. The van der Waals surface area contributed by atoms with Crippen LogP contribution in [0.3, 0.4) is 0 Å². The molecule has 1 saturated heterocycles. The van der Waals surface area contributed by atoms with Crippen molar-refractivity contribution in [2.24, 2.45) is 0 Å². The molecule has 0 unspecified atom stereocenters. The van der Waals surface area contributed by atoms with Gasteiger partial charge in [0.25, 0.3) is 5.79 Å². The average molecular weight is 273 g/mol. The number of carbonyl (C=O) groups is 2. The second-order valence-corrected chi connectivity index (χ2v) is 5.08. The smallest absolute Gasteiger partial charge is 0.348 e. The van der Waals surface area contributed by atoms with Crippen molar-refractivity contribution < 1.29 is 19.1 Å². The number of hydrogen-bond acceptors (Lipinski definition) is 5. The second kappa shape index (κ2) is 5.07. The lowest BCUT2D eigenvalue weighted by Crippen LogP contribution is -2.44. The van der Waals surface area contributed by atoms with Crippen LogP contribution < -0.4 is 0 Å². The van der Waals surface area contributed by atoms with Crippen LogP contribution in [0.4, 0.5) is 0 Å². The second-order valence-electron chi connectivity index (χ2n) is 5.08. The van der Waals surface area contributed by atoms with Gasteiger partial charge in [0.2, 0.25) is 0 Å². The topological polar surface area (TPSA) is 65.5 Å². The first-order chi connectivity index (χ1) is 9.69. The van der Waals surface area contributed by atoms with E-state index >= 15 is 0 Å². The van der Waals surface area contributed by atoms with Crippen LogP contribution in [0.25, 0.3) is 0 Å². The third-order valence-corrected chi connectivity index (χ3v) is 3.63. The zero-order valence-corrected chi connectivity index (χ0v) is 11.0. The average Bonchev–Trinajstić information content (AvgIpc) is 2.86. The number of hydrogen-bond donors (Lipinski definition) is 0. The van der Waals surface area contributed by atoms with Crippen molar-refractivity contribution in [3.63, 3.8) is 0 Å². The number of ether oxygens (including phenoxy) is 2. The van der Waals surface area contributed by atoms with E-state index in [-0.39, 0.29) is 5.57 Å². The molecule has 5 heteroatoms. The maximum atomic E-state index is 12.0. The van der Waals surface area contributed by atoms with E-state index in [9.17, 15) is 9.59 Å². The standard InChI is InChI=1S/C15H15NO4/c17-13-12(6-5-11-4-3-9-16-10-11)14(18)20-15(19-13)7-1-2-8-15/h3-4,6,9-10H,1-2,5,7-8H2. The molecular weight excluding hydrogens is 258 g/mol. The monoisotopic (exact) mass is 273 g/mol. The Labute approximate surface area is 116 Å². The fourth-order valence-corrected chi connectivity index (χ4v) is 2.58. The Morgan fingerprint density at radius 2 is 1.90 bits per heavy atom. The zero-order chi connectivity index (χ0) is 14.0. The molecule has 5 nitrogen and oxygen atoms in total. The van der Waals surface area contributed by atoms with Crippen LogP contribution in [-0.4, -0.2) is 22.7 Å². The normalized spacial score (nSPS) is 20.7. The predicted octanol–water partition coefficient (Wildman–Crippen LogP) is 1.92. The Kier molecular flexibility index (Phi) is 3.26. The molecule has 0 aromatic carbocycles. The third-order valence-electron chi connectivity index (χ3n) is 3.63. The summed E-state index contributed by atoms with van der Waals surface area (Å²) in [5, 5.41) is 0. The van der Waals surface area contributed by atoms with Crippen molar-refractivity contribution in [3.8, 4) is 0 Å². The van der Waals surface area contributed by atoms with Gasteiger partial charge in [-0.05, 0) is 30.9 Å². The molecule has 2 aliphatic rings. The quantitative estimate of drug-likeness (QED) is 0.468. The van der Waals surface area contributed by atoms with Crippen LogP contribution in [0.2, 0.25) is 0 Å². The van der Waals surface area contributed by atoms with Gasteiger partial charge in [-0.15, -0.1) is 0 Å². The Morgan fingerprint density at radius 1 is 1.20 bits per heavy atom. The molecule has 0 N–H and O–H groups in total. The molecule has 1 aromatic heterocycles. The van der Waals surface area contributed by atoms with E-state index in [0.717, 1.165) is 18.4 Å². The van der Waals surface area contributed by atoms with Gasteiger partial charge >= 0.3 is 11.9 Å². The maximum Gasteiger partial charge on any atom is 0.348 e. The van der Waals surface area contributed by atoms with Crippen molar-refractivity contribution in [2.75, 3.05) is 0 Å². The molecule has 20 heavy (non-hydrogen) atoms. The first kappa shape index (κ1) is 12.8. The zero-order valence-electron chi connectivity index (χ0n) is 11.0. The van der Waals surface area contributed by atoms with Gasteiger partial charge in [0.1, 0.15) is 5.57 Å². The Balaban J connectivity index is 1.74. The number of rotatable bonds is 2. The van der Waals surface area contributed by atoms with E-state index < -0.39 is 17.7 Å². The summed E-state index contributed by atoms with van der Waals surface area (Å²) in [6.45, 7) is 0. The highest BCUT2D eigenvalue weighted by atomic mass is 16.7. The molecule has 1 spiro atoms. The number of carbonyl (C=O) groups excluding carboxylic acids is 2. The van der Waals surface area contributed by atoms with Crippen molar-refractivity contribution in [1.82, 2.24) is 4.98 Å². The molecule has 1 aromatic rings. The largest absolute Gasteiger partial charge is 0.419 e. The first-order valence-electron chi connectivity index (χ1n) is 6.74. The number of esters is 2. The van der Waals surface area contributed by atoms with Gasteiger partial charge in [0, 0.05) is 25.2 Å². The Morgan fingerprint density at radius 3 is 2.50 bits per heavy atom. The highest BCUT2D eigenvalue weighted by Gasteiger charge is 2.47. The van der Waals surface area contributed by atoms with Gasteiger partial charge in [-0.1, -0.05) is 12.1 Å². The summed E-state index contributed by atoms with van der Waals surface area (Å²) in [4.78, 5) is 27.9. The van der Waals surface area contributed by atoms with Gasteiger partial charge < -0.3 is 9.47 Å². The SMILES string of the molecule is O=C1OC2(CCCC2)OC(=O)C1=CCc1cccnc1. The number of allylic oxidation sites excluding steroid dienone is 1. The summed E-state index contributed by atoms with van der Waals surface area (Å²) in [5.41, 5.74) is 0.896. The summed E-state index contributed by atoms with van der Waals surface area (Å²) in [5.74, 6) is -2.15. The van der Waals surface area contributed by atoms with Crippen molar-refractivity contribution >= 4 is 11.9 Å². The molecule has 104 valence electrons. The van der Waals surface area contributed by atoms with E-state index in [1.54, 1.807) is 24.5 Å². The van der Waals surface area contributed by atoms with E-state index in [1.807, 2.05) is 6.07 Å². The highest BCUT2D eigenvalue weighted by molar-refractivity contribution is 6.15. The van der Waals surface area contributed by atoms with E-state index in [1.165, 1.54) is 0 Å². The predicted molar refractivity (Wildman–Crippen MR) is 69.4 cm³/mol. The fraction of sp³-hybridized carbons (Fsp3) is 0.400. The number of pyridine rings is 1. The molecular formula is C15H15NO4. The molecule has 3 rings (SSSR count). The van der Waals surface area contributed by atoms with E-state index in [2.05, 4.69) is 4.98 Å². The van der Waals surface area contributed by atoms with Gasteiger partial charge in [-0.2, -0.15) is 0 Å². The van der Waals surface area contributed by atoms with Crippen molar-refractivity contribution in [1.29, 1.82) is 0 Å². The van der Waals surface area contributed by atoms with E-state index in [0.29, 0.717) is 19.3 Å². The van der Waals surface area contributed by atoms with E-state index in [4.69, 9.17) is 9.47 Å². The van der Waals surface area contributed by atoms with Crippen LogP contribution in [0.1, 0.15) is 31.2 Å². The summed E-state index contributed by atoms with van der Waals surface area (Å²) in [6.07, 6.45) is 8.37. The Bertz CT molecular complexity index is 536. The lowest BCUT2D eigenvalue weighted by Gasteiger charge is -2.32. The molecule has 2 heterocycles. The Hall–Kier alpha value is -2.17. The van der Waals surface area contributed by atoms with Gasteiger partial charge in [0.05, 0.1) is 0 Å². The fourth-order valence-electron chi connectivity index (χ4n) is 2.58. The highest BCUT2D eigenvalue weighted by Crippen LogP contribution is 2.38. The van der Waals surface area contributed by atoms with Gasteiger partial charge in [-0.3, -0.25) is 4.98 Å². The summed E-state index contributed by atoms with van der Waals surface area (Å²) in [6, 6.07) is 3.68. The van der Waals surface area contributed by atoms with Gasteiger partial charge in [-0.25, -0.2) is 9.59 Å². The summed E-state index contributed by atoms with van der Waals surface area (Å²) < 4.78 is 10.7.